The predicted molar refractivity (Wildman–Crippen MR) is 141 cm³/mol. The van der Waals surface area contributed by atoms with E-state index in [1.54, 1.807) is 18.2 Å². The van der Waals surface area contributed by atoms with Gasteiger partial charge in [-0.25, -0.2) is 0 Å². The summed E-state index contributed by atoms with van der Waals surface area (Å²) in [6, 6.07) is 20.3. The number of hydrogen-bond acceptors (Lipinski definition) is 5. The third kappa shape index (κ3) is 8.48. The standard InChI is InChI=1S/C29H26N3O5.Li/c1-20-9-7-10-21(2)29(20)37-25-14-8-13-23(24(25)16-31-19-30)26(15-27(33)32-17-28(34)35-3)36-18-22-11-5-4-6-12-22;/h4-14,19H,17-18H2,1-3H3,(H,32,33);/q-3;+1. The minimum Gasteiger partial charge on any atom is -0.542 e. The van der Waals surface area contributed by atoms with E-state index in [4.69, 9.17) is 9.47 Å². The third-order valence-corrected chi connectivity index (χ3v) is 5.20. The van der Waals surface area contributed by atoms with Crippen LogP contribution >= 0.6 is 0 Å². The van der Waals surface area contributed by atoms with Crippen molar-refractivity contribution in [3.8, 4) is 11.5 Å². The van der Waals surface area contributed by atoms with Crippen LogP contribution in [0.3, 0.4) is 0 Å². The van der Waals surface area contributed by atoms with Crippen LogP contribution in [-0.2, 0) is 25.7 Å². The van der Waals surface area contributed by atoms with E-state index in [0.717, 1.165) is 16.7 Å². The van der Waals surface area contributed by atoms with Gasteiger partial charge in [-0.15, -0.1) is 11.6 Å². The fraction of sp³-hybridized carbons (Fsp3) is 0.172. The largest absolute Gasteiger partial charge is 1.00 e. The Balaban J connectivity index is 0.00000507. The van der Waals surface area contributed by atoms with Crippen LogP contribution < -0.4 is 28.9 Å². The molecule has 0 aromatic heterocycles. The number of rotatable bonds is 11. The number of ether oxygens (including phenoxy) is 3. The van der Waals surface area contributed by atoms with Crippen LogP contribution in [0, 0.1) is 19.9 Å². The molecule has 0 unspecified atom stereocenters. The molecule has 0 aliphatic heterocycles. The first-order chi connectivity index (χ1) is 17.9. The molecule has 0 saturated carbocycles. The molecule has 38 heavy (non-hydrogen) atoms. The number of para-hydroxylation sites is 1. The Morgan fingerprint density at radius 3 is 2.34 bits per heavy atom. The van der Waals surface area contributed by atoms with Gasteiger partial charge in [-0.1, -0.05) is 72.3 Å². The fourth-order valence-electron chi connectivity index (χ4n) is 3.37. The quantitative estimate of drug-likeness (QED) is 0.0814. The number of amides is 1. The van der Waals surface area contributed by atoms with Gasteiger partial charge in [0.2, 0.25) is 0 Å². The molecule has 0 radical (unpaired) electrons. The summed E-state index contributed by atoms with van der Waals surface area (Å²) in [4.78, 5) is 27.8. The van der Waals surface area contributed by atoms with E-state index in [0.29, 0.717) is 29.0 Å². The molecular formula is C29H26LiN3O5-2. The second-order valence-corrected chi connectivity index (χ2v) is 7.85. The Morgan fingerprint density at radius 2 is 1.68 bits per heavy atom. The molecule has 0 aliphatic carbocycles. The maximum atomic E-state index is 12.6. The zero-order valence-corrected chi connectivity index (χ0v) is 21.8. The molecule has 9 heteroatoms. The van der Waals surface area contributed by atoms with E-state index in [1.165, 1.54) is 7.11 Å². The normalized spacial score (nSPS) is 10.9. The molecule has 0 saturated heterocycles. The summed E-state index contributed by atoms with van der Waals surface area (Å²) in [6.45, 7) is 3.67. The Morgan fingerprint density at radius 1 is 1.00 bits per heavy atom. The van der Waals surface area contributed by atoms with Crippen molar-refractivity contribution in [2.75, 3.05) is 13.7 Å². The molecule has 190 valence electrons. The maximum Gasteiger partial charge on any atom is 1.00 e. The van der Waals surface area contributed by atoms with Crippen molar-refractivity contribution in [1.82, 2.24) is 5.32 Å². The average molecular weight is 503 g/mol. The summed E-state index contributed by atoms with van der Waals surface area (Å²) in [5.74, 6) is -0.199. The second-order valence-electron chi connectivity index (χ2n) is 7.85. The molecule has 3 rings (SSSR count). The van der Waals surface area contributed by atoms with E-state index in [-0.39, 0.29) is 37.8 Å². The molecule has 8 nitrogen and oxygen atoms in total. The van der Waals surface area contributed by atoms with Gasteiger partial charge in [0.25, 0.3) is 0 Å². The Labute approximate surface area is 234 Å². The Bertz CT molecular complexity index is 1300. The summed E-state index contributed by atoms with van der Waals surface area (Å²) >= 11 is 0. The van der Waals surface area contributed by atoms with Gasteiger partial charge in [0.05, 0.1) is 12.9 Å². The molecule has 0 atom stereocenters. The van der Waals surface area contributed by atoms with Gasteiger partial charge in [0.15, 0.2) is 5.91 Å². The van der Waals surface area contributed by atoms with Gasteiger partial charge < -0.3 is 29.9 Å². The van der Waals surface area contributed by atoms with Gasteiger partial charge in [-0.3, -0.25) is 9.59 Å². The maximum absolute atomic E-state index is 12.6. The molecule has 0 spiro atoms. The number of esters is 1. The smallest absolute Gasteiger partial charge is 0.542 e. The minimum atomic E-state index is -0.689. The zero-order valence-electron chi connectivity index (χ0n) is 21.8. The number of carbonyl (C=O) groups excluding carboxylic acids is 2. The monoisotopic (exact) mass is 503 g/mol. The van der Waals surface area contributed by atoms with Crippen LogP contribution in [0.15, 0.2) is 71.7 Å². The van der Waals surface area contributed by atoms with Crippen LogP contribution in [-0.4, -0.2) is 38.1 Å². The van der Waals surface area contributed by atoms with Gasteiger partial charge >= 0.3 is 24.8 Å². The van der Waals surface area contributed by atoms with Crippen LogP contribution in [0.5, 0.6) is 11.5 Å². The molecule has 0 fully saturated rings. The zero-order chi connectivity index (χ0) is 26.6. The second kappa shape index (κ2) is 15.2. The third-order valence-electron chi connectivity index (χ3n) is 5.20. The van der Waals surface area contributed by atoms with Crippen molar-refractivity contribution in [2.24, 2.45) is 4.99 Å². The van der Waals surface area contributed by atoms with Crippen LogP contribution in [0.4, 0.5) is 0 Å². The van der Waals surface area contributed by atoms with Crippen molar-refractivity contribution < 1.29 is 42.7 Å². The number of aliphatic imine (C=N–C) groups is 1. The first-order valence-electron chi connectivity index (χ1n) is 11.4. The SMILES string of the molecule is COC(=O)CNC(=O)[C-]=C(OCc1ccccc1)c1cccc(Oc2c(C)cccc2C)c1[C-]=NC=[N-].[Li+]. The number of benzene rings is 3. The molecule has 3 aromatic carbocycles. The molecule has 3 aromatic rings. The summed E-state index contributed by atoms with van der Waals surface area (Å²) in [6.07, 6.45) is 5.99. The summed E-state index contributed by atoms with van der Waals surface area (Å²) in [5.41, 5.74) is 3.42. The number of hydrogen-bond donors (Lipinski definition) is 1. The van der Waals surface area contributed by atoms with Gasteiger partial charge in [-0.05, 0) is 30.5 Å². The summed E-state index contributed by atoms with van der Waals surface area (Å²) in [5, 5.41) is 11.6. The molecule has 0 bridgehead atoms. The van der Waals surface area contributed by atoms with Gasteiger partial charge in [0.1, 0.15) is 18.9 Å². The van der Waals surface area contributed by atoms with E-state index in [2.05, 4.69) is 27.3 Å². The van der Waals surface area contributed by atoms with Crippen molar-refractivity contribution in [2.45, 2.75) is 20.5 Å². The number of methoxy groups -OCH3 is 1. The molecule has 1 amide bonds. The van der Waals surface area contributed by atoms with Crippen LogP contribution in [0.2, 0.25) is 0 Å². The van der Waals surface area contributed by atoms with Crippen molar-refractivity contribution >= 4 is 30.2 Å². The first-order valence-corrected chi connectivity index (χ1v) is 11.4. The first kappa shape index (κ1) is 30.1. The predicted octanol–water partition coefficient (Wildman–Crippen LogP) is 1.64. The van der Waals surface area contributed by atoms with Gasteiger partial charge in [0, 0.05) is 5.76 Å². The van der Waals surface area contributed by atoms with E-state index in [1.807, 2.05) is 62.4 Å². The molecule has 1 N–H and O–H groups in total. The molecular weight excluding hydrogens is 477 g/mol. The van der Waals surface area contributed by atoms with Crippen molar-refractivity contribution in [1.29, 1.82) is 0 Å². The number of aryl methyl sites for hydroxylation is 2. The number of carbonyl (C=O) groups is 2. The number of nitrogens with zero attached hydrogens (tertiary/aromatic N) is 2. The minimum absolute atomic E-state index is 0. The fourth-order valence-corrected chi connectivity index (χ4v) is 3.37. The Kier molecular flexibility index (Phi) is 12.0. The van der Waals surface area contributed by atoms with E-state index >= 15 is 0 Å². The van der Waals surface area contributed by atoms with Crippen molar-refractivity contribution in [3.05, 3.63) is 106 Å². The van der Waals surface area contributed by atoms with E-state index < -0.39 is 11.9 Å². The van der Waals surface area contributed by atoms with Gasteiger partial charge in [-0.2, -0.15) is 12.6 Å². The molecule has 0 heterocycles. The van der Waals surface area contributed by atoms with Crippen LogP contribution in [0.1, 0.15) is 27.8 Å². The topological polar surface area (TPSA) is 109 Å². The summed E-state index contributed by atoms with van der Waals surface area (Å²) in [7, 11) is 1.23. The number of nitrogens with one attached hydrogen (secondary N) is 1. The summed E-state index contributed by atoms with van der Waals surface area (Å²) < 4.78 is 16.8. The Hall–Kier alpha value is -4.12. The molecule has 0 aliphatic rings. The van der Waals surface area contributed by atoms with E-state index in [9.17, 15) is 15.0 Å². The average Bonchev–Trinajstić information content (AvgIpc) is 2.91. The van der Waals surface area contributed by atoms with Crippen LogP contribution in [0.25, 0.3) is 11.2 Å². The van der Waals surface area contributed by atoms with Crippen molar-refractivity contribution in [3.63, 3.8) is 0 Å².